The summed E-state index contributed by atoms with van der Waals surface area (Å²) in [5, 5.41) is 16.4. The van der Waals surface area contributed by atoms with Crippen LogP contribution in [0.15, 0.2) is 61.2 Å². The lowest BCUT2D eigenvalue weighted by Crippen LogP contribution is -2.19. The molecule has 0 aliphatic heterocycles. The molecule has 0 spiro atoms. The van der Waals surface area contributed by atoms with Crippen molar-refractivity contribution in [2.75, 3.05) is 10.6 Å². The molecular weight excluding hydrogens is 352 g/mol. The molecule has 0 aliphatic rings. The van der Waals surface area contributed by atoms with Crippen LogP contribution in [0.25, 0.3) is 5.69 Å². The van der Waals surface area contributed by atoms with E-state index in [1.807, 2.05) is 0 Å². The summed E-state index contributed by atoms with van der Waals surface area (Å²) in [6, 6.07) is 9.73. The molecule has 10 heteroatoms. The van der Waals surface area contributed by atoms with E-state index in [2.05, 4.69) is 15.6 Å². The van der Waals surface area contributed by atoms with Gasteiger partial charge in [-0.1, -0.05) is 0 Å². The van der Waals surface area contributed by atoms with Crippen molar-refractivity contribution in [1.82, 2.24) is 9.55 Å². The molecule has 27 heavy (non-hydrogen) atoms. The number of urea groups is 1. The lowest BCUT2D eigenvalue weighted by molar-refractivity contribution is -0.384. The van der Waals surface area contributed by atoms with Gasteiger partial charge in [-0.2, -0.15) is 0 Å². The maximum absolute atomic E-state index is 12.4. The summed E-state index contributed by atoms with van der Waals surface area (Å²) in [5.41, 5.74) is 6.16. The number of aromatic nitrogens is 2. The van der Waals surface area contributed by atoms with Gasteiger partial charge < -0.3 is 20.9 Å². The first-order valence-electron chi connectivity index (χ1n) is 7.68. The van der Waals surface area contributed by atoms with Crippen LogP contribution in [-0.4, -0.2) is 26.4 Å². The minimum atomic E-state index is -0.697. The van der Waals surface area contributed by atoms with Gasteiger partial charge in [0.15, 0.2) is 0 Å². The molecule has 0 atom stereocenters. The Morgan fingerprint density at radius 1 is 1.07 bits per heavy atom. The van der Waals surface area contributed by atoms with Crippen LogP contribution >= 0.6 is 0 Å². The van der Waals surface area contributed by atoms with E-state index in [9.17, 15) is 19.7 Å². The molecule has 3 aromatic rings. The third-order valence-electron chi connectivity index (χ3n) is 3.63. The molecule has 0 saturated heterocycles. The topological polar surface area (TPSA) is 145 Å². The predicted molar refractivity (Wildman–Crippen MR) is 97.8 cm³/mol. The Labute approximate surface area is 152 Å². The fourth-order valence-electron chi connectivity index (χ4n) is 2.41. The highest BCUT2D eigenvalue weighted by Gasteiger charge is 2.19. The van der Waals surface area contributed by atoms with Crippen molar-refractivity contribution in [2.45, 2.75) is 0 Å². The van der Waals surface area contributed by atoms with Crippen molar-refractivity contribution >= 4 is 29.0 Å². The van der Waals surface area contributed by atoms with Gasteiger partial charge in [0, 0.05) is 35.4 Å². The van der Waals surface area contributed by atoms with Crippen molar-refractivity contribution < 1.29 is 14.5 Å². The molecule has 0 aliphatic carbocycles. The zero-order valence-electron chi connectivity index (χ0n) is 13.8. The molecule has 2 aromatic carbocycles. The summed E-state index contributed by atoms with van der Waals surface area (Å²) in [7, 11) is 0. The molecule has 0 bridgehead atoms. The highest BCUT2D eigenvalue weighted by molar-refractivity contribution is 6.05. The third-order valence-corrected chi connectivity index (χ3v) is 3.63. The van der Waals surface area contributed by atoms with Crippen LogP contribution in [0.2, 0.25) is 0 Å². The summed E-state index contributed by atoms with van der Waals surface area (Å²) in [4.78, 5) is 37.9. The second kappa shape index (κ2) is 7.35. The molecule has 1 aromatic heterocycles. The molecule has 4 N–H and O–H groups in total. The minimum absolute atomic E-state index is 0.130. The number of nitro benzene ring substituents is 1. The number of nitro groups is 1. The van der Waals surface area contributed by atoms with E-state index in [0.717, 1.165) is 0 Å². The largest absolute Gasteiger partial charge is 0.351 e. The highest BCUT2D eigenvalue weighted by atomic mass is 16.6. The Kier molecular flexibility index (Phi) is 4.79. The Morgan fingerprint density at radius 3 is 2.30 bits per heavy atom. The normalized spacial score (nSPS) is 10.2. The van der Waals surface area contributed by atoms with Gasteiger partial charge in [0.2, 0.25) is 0 Å². The molecule has 1 heterocycles. The maximum Gasteiger partial charge on any atom is 0.316 e. The first-order valence-corrected chi connectivity index (χ1v) is 7.68. The summed E-state index contributed by atoms with van der Waals surface area (Å²) in [6.07, 6.45) is 4.51. The molecule has 0 saturated carbocycles. The van der Waals surface area contributed by atoms with Crippen LogP contribution in [-0.2, 0) is 0 Å². The van der Waals surface area contributed by atoms with E-state index in [-0.39, 0.29) is 11.3 Å². The van der Waals surface area contributed by atoms with E-state index < -0.39 is 16.9 Å². The number of carbonyl (C=O) groups is 2. The zero-order valence-corrected chi connectivity index (χ0v) is 13.8. The molecule has 10 nitrogen and oxygen atoms in total. The van der Waals surface area contributed by atoms with E-state index in [0.29, 0.717) is 17.1 Å². The quantitative estimate of drug-likeness (QED) is 0.469. The number of imidazole rings is 1. The average molecular weight is 366 g/mol. The van der Waals surface area contributed by atoms with Crippen LogP contribution in [0.5, 0.6) is 0 Å². The van der Waals surface area contributed by atoms with Crippen LogP contribution in [0, 0.1) is 10.1 Å². The molecule has 136 valence electrons. The van der Waals surface area contributed by atoms with Gasteiger partial charge in [0.1, 0.15) is 5.69 Å². The number of anilines is 2. The Morgan fingerprint density at radius 2 is 1.74 bits per heavy atom. The molecule has 0 unspecified atom stereocenters. The monoisotopic (exact) mass is 366 g/mol. The number of benzene rings is 2. The van der Waals surface area contributed by atoms with Gasteiger partial charge in [-0.25, -0.2) is 9.78 Å². The summed E-state index contributed by atoms with van der Waals surface area (Å²) >= 11 is 0. The maximum atomic E-state index is 12.4. The number of hydrogen-bond acceptors (Lipinski definition) is 5. The standard InChI is InChI=1S/C17H14N6O4/c18-17(25)21-13-4-2-12(3-5-13)20-16(24)11-1-6-14(15(9-11)23(26)27)22-8-7-19-10-22/h1-10H,(H,20,24)(H3,18,21,25). The molecule has 0 fully saturated rings. The molecule has 3 amide bonds. The van der Waals surface area contributed by atoms with E-state index in [4.69, 9.17) is 5.73 Å². The van der Waals surface area contributed by atoms with Crippen molar-refractivity contribution in [3.63, 3.8) is 0 Å². The van der Waals surface area contributed by atoms with E-state index >= 15 is 0 Å². The van der Waals surface area contributed by atoms with E-state index in [1.165, 1.54) is 35.3 Å². The SMILES string of the molecule is NC(=O)Nc1ccc(NC(=O)c2ccc(-n3ccnc3)c([N+](=O)[O-])c2)cc1. The summed E-state index contributed by atoms with van der Waals surface area (Å²) < 4.78 is 1.49. The lowest BCUT2D eigenvalue weighted by atomic mass is 10.1. The second-order valence-corrected chi connectivity index (χ2v) is 5.45. The second-order valence-electron chi connectivity index (χ2n) is 5.45. The number of nitrogens with two attached hydrogens (primary N) is 1. The highest BCUT2D eigenvalue weighted by Crippen LogP contribution is 2.25. The van der Waals surface area contributed by atoms with Gasteiger partial charge >= 0.3 is 6.03 Å². The summed E-state index contributed by atoms with van der Waals surface area (Å²) in [6.45, 7) is 0. The van der Waals surface area contributed by atoms with Crippen molar-refractivity contribution in [1.29, 1.82) is 0 Å². The summed E-state index contributed by atoms with van der Waals surface area (Å²) in [5.74, 6) is -0.508. The van der Waals surface area contributed by atoms with Gasteiger partial charge in [-0.15, -0.1) is 0 Å². The Balaban J connectivity index is 1.81. The number of nitrogens with one attached hydrogen (secondary N) is 2. The smallest absolute Gasteiger partial charge is 0.316 e. The lowest BCUT2D eigenvalue weighted by Gasteiger charge is -2.09. The predicted octanol–water partition coefficient (Wildman–Crippen LogP) is 2.52. The van der Waals surface area contributed by atoms with Gasteiger partial charge in [0.25, 0.3) is 11.6 Å². The first kappa shape index (κ1) is 17.6. The van der Waals surface area contributed by atoms with E-state index in [1.54, 1.807) is 30.5 Å². The molecule has 3 rings (SSSR count). The number of nitrogens with zero attached hydrogens (tertiary/aromatic N) is 3. The number of carbonyl (C=O) groups excluding carboxylic acids is 2. The van der Waals surface area contributed by atoms with Crippen LogP contribution in [0.3, 0.4) is 0 Å². The Bertz CT molecular complexity index is 999. The molecule has 0 radical (unpaired) electrons. The third kappa shape index (κ3) is 4.07. The van der Waals surface area contributed by atoms with Crippen molar-refractivity contribution in [2.24, 2.45) is 5.73 Å². The van der Waals surface area contributed by atoms with Gasteiger partial charge in [-0.3, -0.25) is 14.9 Å². The van der Waals surface area contributed by atoms with Crippen molar-refractivity contribution in [3.8, 4) is 5.69 Å². The fraction of sp³-hybridized carbons (Fsp3) is 0. The number of hydrogen-bond donors (Lipinski definition) is 3. The fourth-order valence-corrected chi connectivity index (χ4v) is 2.41. The number of rotatable bonds is 5. The number of amides is 3. The minimum Gasteiger partial charge on any atom is -0.351 e. The first-order chi connectivity index (χ1) is 12.9. The van der Waals surface area contributed by atoms with Crippen LogP contribution < -0.4 is 16.4 Å². The molecular formula is C17H14N6O4. The average Bonchev–Trinajstić information content (AvgIpc) is 3.17. The van der Waals surface area contributed by atoms with Crippen LogP contribution in [0.1, 0.15) is 10.4 Å². The van der Waals surface area contributed by atoms with Crippen molar-refractivity contribution in [3.05, 3.63) is 76.9 Å². The van der Waals surface area contributed by atoms with Crippen LogP contribution in [0.4, 0.5) is 21.9 Å². The Hall–Kier alpha value is -4.21. The number of primary amides is 1. The van der Waals surface area contributed by atoms with Gasteiger partial charge in [0.05, 0.1) is 11.3 Å². The van der Waals surface area contributed by atoms with Gasteiger partial charge in [-0.05, 0) is 36.4 Å². The zero-order chi connectivity index (χ0) is 19.4.